The van der Waals surface area contributed by atoms with E-state index in [0.717, 1.165) is 11.3 Å². The van der Waals surface area contributed by atoms with Gasteiger partial charge in [0.2, 0.25) is 0 Å². The van der Waals surface area contributed by atoms with Crippen molar-refractivity contribution in [3.8, 4) is 6.07 Å². The lowest BCUT2D eigenvalue weighted by atomic mass is 10.2. The van der Waals surface area contributed by atoms with E-state index in [-0.39, 0.29) is 0 Å². The fourth-order valence-electron chi connectivity index (χ4n) is 1.12. The second kappa shape index (κ2) is 3.72. The van der Waals surface area contributed by atoms with Crippen LogP contribution < -0.4 is 4.90 Å². The predicted molar refractivity (Wildman–Crippen MR) is 50.2 cm³/mol. The Morgan fingerprint density at radius 1 is 1.46 bits per heavy atom. The Balaban J connectivity index is 3.03. The first-order valence-electron chi connectivity index (χ1n) is 3.90. The predicted octanol–water partition coefficient (Wildman–Crippen LogP) is 1.48. The van der Waals surface area contributed by atoms with Crippen LogP contribution in [0, 0.1) is 18.3 Å². The van der Waals surface area contributed by atoms with Gasteiger partial charge in [0.05, 0.1) is 0 Å². The van der Waals surface area contributed by atoms with Gasteiger partial charge in [0.1, 0.15) is 0 Å². The third-order valence-corrected chi connectivity index (χ3v) is 1.88. The maximum atomic E-state index is 11.0. The molecule has 0 saturated heterocycles. The topological polar surface area (TPSA) is 44.1 Å². The fourth-order valence-corrected chi connectivity index (χ4v) is 1.12. The number of hydrogen-bond donors (Lipinski definition) is 0. The van der Waals surface area contributed by atoms with Crippen LogP contribution in [-0.4, -0.2) is 13.0 Å². The lowest BCUT2D eigenvalue weighted by Gasteiger charge is -2.15. The van der Waals surface area contributed by atoms with Gasteiger partial charge in [-0.1, -0.05) is 18.2 Å². The molecule has 3 heteroatoms. The van der Waals surface area contributed by atoms with Crippen molar-refractivity contribution < 1.29 is 4.79 Å². The van der Waals surface area contributed by atoms with E-state index in [1.54, 1.807) is 13.1 Å². The number of carbonyl (C=O) groups is 1. The maximum absolute atomic E-state index is 11.0. The lowest BCUT2D eigenvalue weighted by Crippen LogP contribution is -2.24. The van der Waals surface area contributed by atoms with E-state index < -0.39 is 5.91 Å². The van der Waals surface area contributed by atoms with Crippen LogP contribution >= 0.6 is 0 Å². The fraction of sp³-hybridized carbons (Fsp3) is 0.200. The molecular formula is C10H10N2O. The Kier molecular flexibility index (Phi) is 2.65. The molecule has 1 amide bonds. The molecule has 0 aromatic heterocycles. The summed E-state index contributed by atoms with van der Waals surface area (Å²) < 4.78 is 0. The first-order chi connectivity index (χ1) is 6.16. The molecule has 0 radical (unpaired) electrons. The average molecular weight is 174 g/mol. The summed E-state index contributed by atoms with van der Waals surface area (Å²) in [7, 11) is 1.59. The van der Waals surface area contributed by atoms with E-state index in [1.807, 2.05) is 31.2 Å². The molecule has 66 valence electrons. The van der Waals surface area contributed by atoms with Gasteiger partial charge < -0.3 is 4.90 Å². The van der Waals surface area contributed by atoms with Gasteiger partial charge in [0.25, 0.3) is 0 Å². The Labute approximate surface area is 77.2 Å². The lowest BCUT2D eigenvalue weighted by molar-refractivity contribution is -0.113. The van der Waals surface area contributed by atoms with E-state index >= 15 is 0 Å². The quantitative estimate of drug-likeness (QED) is 0.605. The second-order valence-corrected chi connectivity index (χ2v) is 2.76. The standard InChI is InChI=1S/C10H10N2O/c1-8-5-3-4-6-9(8)12(2)10(13)7-11/h3-6H,1-2H3. The average Bonchev–Trinajstić information content (AvgIpc) is 2.16. The van der Waals surface area contributed by atoms with Crippen LogP contribution in [0.15, 0.2) is 24.3 Å². The van der Waals surface area contributed by atoms with Gasteiger partial charge in [0, 0.05) is 12.7 Å². The number of nitriles is 1. The highest BCUT2D eigenvalue weighted by atomic mass is 16.2. The monoisotopic (exact) mass is 174 g/mol. The van der Waals surface area contributed by atoms with Gasteiger partial charge in [-0.3, -0.25) is 4.79 Å². The number of hydrogen-bond acceptors (Lipinski definition) is 2. The molecule has 0 unspecified atom stereocenters. The minimum Gasteiger partial charge on any atom is -0.303 e. The molecule has 1 aromatic rings. The highest BCUT2D eigenvalue weighted by Crippen LogP contribution is 2.17. The summed E-state index contributed by atoms with van der Waals surface area (Å²) in [5.74, 6) is -0.547. The summed E-state index contributed by atoms with van der Waals surface area (Å²) in [6, 6.07) is 9.02. The number of rotatable bonds is 1. The largest absolute Gasteiger partial charge is 0.329 e. The molecule has 0 atom stereocenters. The Bertz CT molecular complexity index is 365. The highest BCUT2D eigenvalue weighted by Gasteiger charge is 2.10. The molecule has 3 nitrogen and oxygen atoms in total. The zero-order chi connectivity index (χ0) is 9.84. The number of benzene rings is 1. The maximum Gasteiger partial charge on any atom is 0.329 e. The van der Waals surface area contributed by atoms with Crippen molar-refractivity contribution in [2.75, 3.05) is 11.9 Å². The summed E-state index contributed by atoms with van der Waals surface area (Å²) in [6.45, 7) is 1.90. The minimum atomic E-state index is -0.547. The zero-order valence-electron chi connectivity index (χ0n) is 7.61. The number of para-hydroxylation sites is 1. The first-order valence-corrected chi connectivity index (χ1v) is 3.90. The smallest absolute Gasteiger partial charge is 0.303 e. The summed E-state index contributed by atoms with van der Waals surface area (Å²) in [5, 5.41) is 8.42. The normalized spacial score (nSPS) is 9.00. The summed E-state index contributed by atoms with van der Waals surface area (Å²) in [5.41, 5.74) is 1.75. The van der Waals surface area contributed by atoms with Crippen LogP contribution in [0.25, 0.3) is 0 Å². The number of amides is 1. The summed E-state index contributed by atoms with van der Waals surface area (Å²) >= 11 is 0. The van der Waals surface area contributed by atoms with Gasteiger partial charge in [0.15, 0.2) is 6.07 Å². The van der Waals surface area contributed by atoms with Crippen molar-refractivity contribution in [1.82, 2.24) is 0 Å². The van der Waals surface area contributed by atoms with Gasteiger partial charge in [-0.2, -0.15) is 5.26 Å². The van der Waals surface area contributed by atoms with Crippen molar-refractivity contribution in [1.29, 1.82) is 5.26 Å². The molecule has 0 aliphatic rings. The van der Waals surface area contributed by atoms with Crippen LogP contribution in [0.4, 0.5) is 5.69 Å². The number of carbonyl (C=O) groups excluding carboxylic acids is 1. The van der Waals surface area contributed by atoms with E-state index in [4.69, 9.17) is 5.26 Å². The van der Waals surface area contributed by atoms with Crippen molar-refractivity contribution in [2.45, 2.75) is 6.92 Å². The molecule has 1 rings (SSSR count). The van der Waals surface area contributed by atoms with Crippen LogP contribution in [0.5, 0.6) is 0 Å². The second-order valence-electron chi connectivity index (χ2n) is 2.76. The molecule has 13 heavy (non-hydrogen) atoms. The molecule has 0 heterocycles. The highest BCUT2D eigenvalue weighted by molar-refractivity contribution is 6.04. The van der Waals surface area contributed by atoms with E-state index in [0.29, 0.717) is 0 Å². The molecule has 0 bridgehead atoms. The van der Waals surface area contributed by atoms with Crippen molar-refractivity contribution in [2.24, 2.45) is 0 Å². The molecule has 0 aliphatic carbocycles. The Morgan fingerprint density at radius 3 is 2.62 bits per heavy atom. The van der Waals surface area contributed by atoms with Crippen molar-refractivity contribution in [3.63, 3.8) is 0 Å². The third kappa shape index (κ3) is 1.85. The SMILES string of the molecule is Cc1ccccc1N(C)C(=O)C#N. The van der Waals surface area contributed by atoms with Crippen LogP contribution in [0.1, 0.15) is 5.56 Å². The molecule has 0 saturated carbocycles. The van der Waals surface area contributed by atoms with Gasteiger partial charge in [-0.15, -0.1) is 0 Å². The van der Waals surface area contributed by atoms with Crippen molar-refractivity contribution >= 4 is 11.6 Å². The van der Waals surface area contributed by atoms with Crippen LogP contribution in [0.2, 0.25) is 0 Å². The summed E-state index contributed by atoms with van der Waals surface area (Å²) in [6.07, 6.45) is 0. The van der Waals surface area contributed by atoms with Gasteiger partial charge in [-0.25, -0.2) is 0 Å². The number of anilines is 1. The van der Waals surface area contributed by atoms with Gasteiger partial charge >= 0.3 is 5.91 Å². The number of nitrogens with zero attached hydrogens (tertiary/aromatic N) is 2. The molecule has 0 spiro atoms. The van der Waals surface area contributed by atoms with Gasteiger partial charge in [-0.05, 0) is 18.6 Å². The molecule has 0 N–H and O–H groups in total. The Morgan fingerprint density at radius 2 is 2.08 bits per heavy atom. The van der Waals surface area contributed by atoms with Crippen LogP contribution in [-0.2, 0) is 4.79 Å². The Hall–Kier alpha value is -1.82. The molecule has 1 aromatic carbocycles. The third-order valence-electron chi connectivity index (χ3n) is 1.88. The van der Waals surface area contributed by atoms with E-state index in [1.165, 1.54) is 4.90 Å². The number of aryl methyl sites for hydroxylation is 1. The van der Waals surface area contributed by atoms with E-state index in [2.05, 4.69) is 0 Å². The first kappa shape index (κ1) is 9.27. The summed E-state index contributed by atoms with van der Waals surface area (Å²) in [4.78, 5) is 12.4. The molecule has 0 aliphatic heterocycles. The van der Waals surface area contributed by atoms with Crippen molar-refractivity contribution in [3.05, 3.63) is 29.8 Å². The van der Waals surface area contributed by atoms with E-state index in [9.17, 15) is 4.79 Å². The molecule has 0 fully saturated rings. The molecular weight excluding hydrogens is 164 g/mol. The minimum absolute atomic E-state index is 0.547. The van der Waals surface area contributed by atoms with Crippen LogP contribution in [0.3, 0.4) is 0 Å². The zero-order valence-corrected chi connectivity index (χ0v) is 7.61.